The van der Waals surface area contributed by atoms with Crippen LogP contribution in [0.5, 0.6) is 0 Å². The first-order valence-electron chi connectivity index (χ1n) is 2.96. The molecular formula is C8H14+. The Labute approximate surface area is 52.6 Å². The predicted octanol–water partition coefficient (Wildman–Crippen LogP) is 2.63. The molecule has 1 radical (unpaired) electrons. The summed E-state index contributed by atoms with van der Waals surface area (Å²) in [7, 11) is 0. The van der Waals surface area contributed by atoms with E-state index in [0.29, 0.717) is 0 Å². The van der Waals surface area contributed by atoms with Gasteiger partial charge in [0.25, 0.3) is 0 Å². The van der Waals surface area contributed by atoms with Gasteiger partial charge < -0.3 is 0 Å². The molecule has 0 aromatic carbocycles. The first-order chi connectivity index (χ1) is 3.62. The lowest BCUT2D eigenvalue weighted by Gasteiger charge is -2.08. The van der Waals surface area contributed by atoms with Gasteiger partial charge in [-0.1, -0.05) is 19.9 Å². The third-order valence-corrected chi connectivity index (χ3v) is 1.18. The van der Waals surface area contributed by atoms with Gasteiger partial charge in [0.2, 0.25) is 0 Å². The highest BCUT2D eigenvalue weighted by molar-refractivity contribution is 4.98. The van der Waals surface area contributed by atoms with Gasteiger partial charge in [0.15, 0.2) is 0 Å². The van der Waals surface area contributed by atoms with E-state index in [1.54, 1.807) is 6.08 Å². The van der Waals surface area contributed by atoms with Crippen molar-refractivity contribution in [2.45, 2.75) is 19.8 Å². The van der Waals surface area contributed by atoms with E-state index in [1.807, 2.05) is 0 Å². The molecule has 0 atom stereocenters. The highest BCUT2D eigenvalue weighted by Crippen LogP contribution is 2.21. The Morgan fingerprint density at radius 2 is 2.25 bits per heavy atom. The maximum Gasteiger partial charge on any atom is 0.123 e. The zero-order chi connectivity index (χ0) is 6.62. The molecule has 0 heteroatoms. The fourth-order valence-corrected chi connectivity index (χ4v) is 0.600. The largest absolute Gasteiger partial charge is 0.123 e. The van der Waals surface area contributed by atoms with Crippen LogP contribution < -0.4 is 0 Å². The van der Waals surface area contributed by atoms with Gasteiger partial charge in [0, 0.05) is 6.92 Å². The molecule has 0 fully saturated rings. The minimum absolute atomic E-state index is 0.144. The number of hydrogen-bond donors (Lipinski definition) is 0. The van der Waals surface area contributed by atoms with Crippen LogP contribution in [0.1, 0.15) is 19.8 Å². The molecule has 0 amide bonds. The lowest BCUT2D eigenvalue weighted by atomic mass is 9.89. The molecular weight excluding hydrogens is 96.1 g/mol. The van der Waals surface area contributed by atoms with Gasteiger partial charge in [-0.2, -0.15) is 0 Å². The van der Waals surface area contributed by atoms with Gasteiger partial charge in [0.05, 0.1) is 6.92 Å². The summed E-state index contributed by atoms with van der Waals surface area (Å²) in [4.78, 5) is 0. The van der Waals surface area contributed by atoms with Crippen molar-refractivity contribution in [3.63, 3.8) is 0 Å². The van der Waals surface area contributed by atoms with Gasteiger partial charge in [-0.3, -0.25) is 0 Å². The van der Waals surface area contributed by atoms with E-state index in [2.05, 4.69) is 27.4 Å². The summed E-state index contributed by atoms with van der Waals surface area (Å²) in [6, 6.07) is 0. The predicted molar refractivity (Wildman–Crippen MR) is 38.3 cm³/mol. The molecule has 0 N–H and O–H groups in total. The molecule has 0 aromatic rings. The normalized spacial score (nSPS) is 17.2. The molecule has 0 aliphatic rings. The average Bonchev–Trinajstić information content (AvgIpc) is 1.67. The Balaban J connectivity index is 3.53. The van der Waals surface area contributed by atoms with Crippen LogP contribution in [0.2, 0.25) is 0 Å². The Morgan fingerprint density at radius 1 is 1.75 bits per heavy atom. The van der Waals surface area contributed by atoms with Crippen LogP contribution in [0.4, 0.5) is 0 Å². The van der Waals surface area contributed by atoms with Gasteiger partial charge in [0.1, 0.15) is 5.41 Å². The molecule has 0 saturated heterocycles. The summed E-state index contributed by atoms with van der Waals surface area (Å²) < 4.78 is 0. The molecule has 0 heterocycles. The Morgan fingerprint density at radius 3 is 2.38 bits per heavy atom. The smallest absolute Gasteiger partial charge is 0.0983 e. The van der Waals surface area contributed by atoms with Crippen molar-refractivity contribution < 1.29 is 0 Å². The van der Waals surface area contributed by atoms with E-state index in [-0.39, 0.29) is 5.41 Å². The molecule has 0 aliphatic carbocycles. The maximum atomic E-state index is 3.85. The molecule has 0 aliphatic heterocycles. The number of hydrogen-bond acceptors (Lipinski definition) is 0. The standard InChI is InChI=1S/C8H14/c1-5-7-8(3,4)6-2/h6H,2-5,7H2,1H3/q+1. The second-order valence-electron chi connectivity index (χ2n) is 2.32. The topological polar surface area (TPSA) is 0 Å². The van der Waals surface area contributed by atoms with Crippen LogP contribution in [0.25, 0.3) is 0 Å². The molecule has 0 rings (SSSR count). The lowest BCUT2D eigenvalue weighted by molar-refractivity contribution is 0.546. The average molecular weight is 110 g/mol. The third-order valence-electron chi connectivity index (χ3n) is 1.18. The molecule has 45 valence electrons. The number of rotatable bonds is 3. The van der Waals surface area contributed by atoms with Crippen LogP contribution >= 0.6 is 0 Å². The lowest BCUT2D eigenvalue weighted by Crippen LogP contribution is -2.05. The molecule has 0 aromatic heterocycles. The van der Waals surface area contributed by atoms with Crippen molar-refractivity contribution >= 4 is 0 Å². The van der Waals surface area contributed by atoms with Crippen molar-refractivity contribution in [2.24, 2.45) is 5.41 Å². The van der Waals surface area contributed by atoms with Crippen LogP contribution in [0.3, 0.4) is 0 Å². The van der Waals surface area contributed by atoms with E-state index in [9.17, 15) is 0 Å². The second-order valence-corrected chi connectivity index (χ2v) is 2.32. The molecule has 8 heavy (non-hydrogen) atoms. The van der Waals surface area contributed by atoms with Crippen LogP contribution in [-0.4, -0.2) is 0 Å². The van der Waals surface area contributed by atoms with Crippen molar-refractivity contribution in [1.82, 2.24) is 0 Å². The van der Waals surface area contributed by atoms with Gasteiger partial charge in [-0.25, -0.2) is 0 Å². The summed E-state index contributed by atoms with van der Waals surface area (Å²) in [5.74, 6) is 0. The molecule has 0 saturated carbocycles. The zero-order valence-corrected chi connectivity index (χ0v) is 5.61. The molecule has 0 nitrogen and oxygen atoms in total. The minimum atomic E-state index is -0.144. The van der Waals surface area contributed by atoms with Crippen molar-refractivity contribution in [3.05, 3.63) is 26.5 Å². The second kappa shape index (κ2) is 2.81. The van der Waals surface area contributed by atoms with Gasteiger partial charge >= 0.3 is 0 Å². The summed E-state index contributed by atoms with van der Waals surface area (Å²) in [5, 5.41) is 0. The van der Waals surface area contributed by atoms with E-state index >= 15 is 0 Å². The summed E-state index contributed by atoms with van der Waals surface area (Å²) in [6.07, 6.45) is 3.95. The number of allylic oxidation sites excluding steroid dienone is 1. The summed E-state index contributed by atoms with van der Waals surface area (Å²) in [6.45, 7) is 13.4. The van der Waals surface area contributed by atoms with E-state index < -0.39 is 0 Å². The summed E-state index contributed by atoms with van der Waals surface area (Å²) >= 11 is 0. The van der Waals surface area contributed by atoms with E-state index in [0.717, 1.165) is 12.8 Å². The van der Waals surface area contributed by atoms with E-state index in [4.69, 9.17) is 0 Å². The first kappa shape index (κ1) is 7.61. The highest BCUT2D eigenvalue weighted by Gasteiger charge is 2.18. The minimum Gasteiger partial charge on any atom is -0.0983 e. The molecule has 0 bridgehead atoms. The quantitative estimate of drug-likeness (QED) is 0.387. The SMILES string of the molecule is [CH2]C([CH2+])(C=C)CCC. The van der Waals surface area contributed by atoms with Crippen LogP contribution in [0, 0.1) is 19.3 Å². The monoisotopic (exact) mass is 110 g/mol. The zero-order valence-electron chi connectivity index (χ0n) is 5.61. The maximum absolute atomic E-state index is 3.85. The molecule has 0 spiro atoms. The third kappa shape index (κ3) is 2.73. The summed E-state index contributed by atoms with van der Waals surface area (Å²) in [5.41, 5.74) is -0.144. The molecule has 0 unspecified atom stereocenters. The van der Waals surface area contributed by atoms with Crippen molar-refractivity contribution in [2.75, 3.05) is 0 Å². The van der Waals surface area contributed by atoms with Gasteiger partial charge in [-0.05, 0) is 12.5 Å². The fourth-order valence-electron chi connectivity index (χ4n) is 0.600. The van der Waals surface area contributed by atoms with Crippen molar-refractivity contribution in [1.29, 1.82) is 0 Å². The Bertz CT molecular complexity index is 70.1. The van der Waals surface area contributed by atoms with Crippen molar-refractivity contribution in [3.8, 4) is 0 Å². The first-order valence-corrected chi connectivity index (χ1v) is 2.96. The van der Waals surface area contributed by atoms with Crippen LogP contribution in [-0.2, 0) is 0 Å². The Hall–Kier alpha value is -0.390. The van der Waals surface area contributed by atoms with Gasteiger partial charge in [-0.15, -0.1) is 0 Å². The van der Waals surface area contributed by atoms with E-state index in [1.165, 1.54) is 0 Å². The highest BCUT2D eigenvalue weighted by atomic mass is 14.1. The van der Waals surface area contributed by atoms with Crippen LogP contribution in [0.15, 0.2) is 12.7 Å². The fraction of sp³-hybridized carbons (Fsp3) is 0.500. The Kier molecular flexibility index (Phi) is 2.67.